The molecule has 0 unspecified atom stereocenters. The van der Waals surface area contributed by atoms with Crippen molar-refractivity contribution in [3.63, 3.8) is 0 Å². The highest BCUT2D eigenvalue weighted by atomic mass is 32.1. The molecule has 3 aromatic rings. The highest BCUT2D eigenvalue weighted by molar-refractivity contribution is 7.14. The van der Waals surface area contributed by atoms with Crippen molar-refractivity contribution in [2.24, 2.45) is 0 Å². The monoisotopic (exact) mass is 392 g/mol. The molecule has 1 aromatic heterocycles. The summed E-state index contributed by atoms with van der Waals surface area (Å²) in [6.07, 6.45) is 0. The number of carbonyl (C=O) groups is 3. The maximum absolute atomic E-state index is 12.4. The van der Waals surface area contributed by atoms with Crippen molar-refractivity contribution in [3.05, 3.63) is 87.1 Å². The number of anilines is 1. The van der Waals surface area contributed by atoms with Gasteiger partial charge in [-0.15, -0.1) is 11.3 Å². The van der Waals surface area contributed by atoms with Gasteiger partial charge in [0.2, 0.25) is 5.78 Å². The predicted octanol–water partition coefficient (Wildman–Crippen LogP) is 3.85. The van der Waals surface area contributed by atoms with Crippen LogP contribution in [-0.2, 0) is 16.1 Å². The van der Waals surface area contributed by atoms with Gasteiger partial charge in [0.15, 0.2) is 0 Å². The summed E-state index contributed by atoms with van der Waals surface area (Å²) < 4.78 is 0. The lowest BCUT2D eigenvalue weighted by Crippen LogP contribution is -2.35. The Balaban J connectivity index is 1.58. The second kappa shape index (κ2) is 8.63. The van der Waals surface area contributed by atoms with Crippen LogP contribution in [0, 0.1) is 13.8 Å². The molecule has 0 aliphatic carbocycles. The van der Waals surface area contributed by atoms with Crippen LogP contribution in [0.1, 0.15) is 31.2 Å². The molecule has 3 rings (SSSR count). The normalized spacial score (nSPS) is 10.4. The van der Waals surface area contributed by atoms with Crippen molar-refractivity contribution in [1.82, 2.24) is 5.32 Å². The largest absolute Gasteiger partial charge is 0.343 e. The quantitative estimate of drug-likeness (QED) is 0.512. The van der Waals surface area contributed by atoms with Crippen molar-refractivity contribution in [2.45, 2.75) is 20.4 Å². The van der Waals surface area contributed by atoms with Crippen LogP contribution in [0.5, 0.6) is 0 Å². The minimum Gasteiger partial charge on any atom is -0.343 e. The van der Waals surface area contributed by atoms with Crippen LogP contribution in [-0.4, -0.2) is 17.6 Å². The van der Waals surface area contributed by atoms with Gasteiger partial charge in [0, 0.05) is 16.1 Å². The standard InChI is InChI=1S/C22H20N2O3S/c1-14-7-6-8-15(2)19(14)24-22(27)21(26)23-13-17-11-12-18(28-17)20(25)16-9-4-3-5-10-16/h3-12H,13H2,1-2H3,(H,23,26)(H,24,27). The Kier molecular flexibility index (Phi) is 6.01. The van der Waals surface area contributed by atoms with E-state index in [0.29, 0.717) is 16.1 Å². The Morgan fingerprint density at radius 1 is 0.821 bits per heavy atom. The molecule has 0 fully saturated rings. The molecule has 28 heavy (non-hydrogen) atoms. The van der Waals surface area contributed by atoms with E-state index < -0.39 is 11.8 Å². The predicted molar refractivity (Wildman–Crippen MR) is 111 cm³/mol. The average Bonchev–Trinajstić information content (AvgIpc) is 3.18. The van der Waals surface area contributed by atoms with Crippen molar-refractivity contribution in [1.29, 1.82) is 0 Å². The molecule has 0 aliphatic heterocycles. The summed E-state index contributed by atoms with van der Waals surface area (Å²) in [5, 5.41) is 5.26. The van der Waals surface area contributed by atoms with Crippen LogP contribution in [0.15, 0.2) is 60.7 Å². The molecule has 0 saturated heterocycles. The first kappa shape index (κ1) is 19.5. The number of hydrogen-bond acceptors (Lipinski definition) is 4. The average molecular weight is 392 g/mol. The lowest BCUT2D eigenvalue weighted by molar-refractivity contribution is -0.136. The Labute approximate surface area is 167 Å². The SMILES string of the molecule is Cc1cccc(C)c1NC(=O)C(=O)NCc1ccc(C(=O)c2ccccc2)s1. The van der Waals surface area contributed by atoms with Gasteiger partial charge in [-0.3, -0.25) is 14.4 Å². The molecule has 142 valence electrons. The van der Waals surface area contributed by atoms with Crippen molar-refractivity contribution in [2.75, 3.05) is 5.32 Å². The third-order valence-corrected chi connectivity index (χ3v) is 5.35. The van der Waals surface area contributed by atoms with Crippen molar-refractivity contribution in [3.8, 4) is 0 Å². The first-order chi connectivity index (χ1) is 13.5. The molecule has 0 spiro atoms. The molecule has 2 N–H and O–H groups in total. The minimum atomic E-state index is -0.716. The van der Waals surface area contributed by atoms with Gasteiger partial charge >= 0.3 is 11.8 Å². The van der Waals surface area contributed by atoms with E-state index in [-0.39, 0.29) is 12.3 Å². The molecule has 6 heteroatoms. The van der Waals surface area contributed by atoms with Crippen molar-refractivity contribution >= 4 is 34.6 Å². The highest BCUT2D eigenvalue weighted by Crippen LogP contribution is 2.21. The van der Waals surface area contributed by atoms with E-state index in [1.807, 2.05) is 50.2 Å². The number of nitrogens with one attached hydrogen (secondary N) is 2. The molecule has 0 aliphatic rings. The van der Waals surface area contributed by atoms with E-state index in [9.17, 15) is 14.4 Å². The van der Waals surface area contributed by atoms with Crippen LogP contribution in [0.3, 0.4) is 0 Å². The summed E-state index contributed by atoms with van der Waals surface area (Å²) in [4.78, 5) is 38.1. The fraction of sp³-hybridized carbons (Fsp3) is 0.136. The zero-order valence-electron chi connectivity index (χ0n) is 15.6. The van der Waals surface area contributed by atoms with E-state index in [1.165, 1.54) is 11.3 Å². The van der Waals surface area contributed by atoms with Crippen LogP contribution >= 0.6 is 11.3 Å². The van der Waals surface area contributed by atoms with Gasteiger partial charge in [0.05, 0.1) is 11.4 Å². The summed E-state index contributed by atoms with van der Waals surface area (Å²) in [7, 11) is 0. The summed E-state index contributed by atoms with van der Waals surface area (Å²) in [6, 6.07) is 18.2. The van der Waals surface area contributed by atoms with Crippen LogP contribution in [0.4, 0.5) is 5.69 Å². The number of benzene rings is 2. The van der Waals surface area contributed by atoms with Gasteiger partial charge in [0.25, 0.3) is 0 Å². The molecule has 5 nitrogen and oxygen atoms in total. The lowest BCUT2D eigenvalue weighted by Gasteiger charge is -2.11. The molecule has 2 aromatic carbocycles. The lowest BCUT2D eigenvalue weighted by atomic mass is 10.1. The van der Waals surface area contributed by atoms with Crippen molar-refractivity contribution < 1.29 is 14.4 Å². The summed E-state index contributed by atoms with van der Waals surface area (Å²) in [5.41, 5.74) is 3.05. The van der Waals surface area contributed by atoms with E-state index in [1.54, 1.807) is 24.3 Å². The third kappa shape index (κ3) is 4.53. The number of hydrogen-bond donors (Lipinski definition) is 2. The molecule has 0 radical (unpaired) electrons. The van der Waals surface area contributed by atoms with Gasteiger partial charge in [-0.2, -0.15) is 0 Å². The van der Waals surface area contributed by atoms with Crippen LogP contribution < -0.4 is 10.6 Å². The second-order valence-electron chi connectivity index (χ2n) is 6.36. The zero-order valence-corrected chi connectivity index (χ0v) is 16.4. The van der Waals surface area contributed by atoms with Gasteiger partial charge in [-0.05, 0) is 37.1 Å². The number of ketones is 1. The summed E-state index contributed by atoms with van der Waals surface area (Å²) in [6.45, 7) is 3.93. The molecule has 2 amide bonds. The van der Waals surface area contributed by atoms with E-state index >= 15 is 0 Å². The number of aryl methyl sites for hydroxylation is 2. The maximum Gasteiger partial charge on any atom is 0.313 e. The summed E-state index contributed by atoms with van der Waals surface area (Å²) >= 11 is 1.30. The molecular formula is C22H20N2O3S. The number of amides is 2. The van der Waals surface area contributed by atoms with Crippen LogP contribution in [0.25, 0.3) is 0 Å². The second-order valence-corrected chi connectivity index (χ2v) is 7.53. The Bertz CT molecular complexity index is 1010. The molecular weight excluding hydrogens is 372 g/mol. The van der Waals surface area contributed by atoms with E-state index in [0.717, 1.165) is 16.0 Å². The number of carbonyl (C=O) groups excluding carboxylic acids is 3. The molecule has 0 bridgehead atoms. The number of thiophene rings is 1. The van der Waals surface area contributed by atoms with Crippen LogP contribution in [0.2, 0.25) is 0 Å². The Hall–Kier alpha value is -3.25. The molecule has 0 saturated carbocycles. The first-order valence-electron chi connectivity index (χ1n) is 8.79. The maximum atomic E-state index is 12.4. The van der Waals surface area contributed by atoms with Gasteiger partial charge < -0.3 is 10.6 Å². The van der Waals surface area contributed by atoms with Gasteiger partial charge in [0.1, 0.15) is 0 Å². The third-order valence-electron chi connectivity index (χ3n) is 4.27. The first-order valence-corrected chi connectivity index (χ1v) is 9.61. The van der Waals surface area contributed by atoms with Gasteiger partial charge in [-0.25, -0.2) is 0 Å². The Morgan fingerprint density at radius 2 is 1.50 bits per heavy atom. The summed E-state index contributed by atoms with van der Waals surface area (Å²) in [5.74, 6) is -1.49. The molecule has 0 atom stereocenters. The minimum absolute atomic E-state index is 0.0593. The van der Waals surface area contributed by atoms with E-state index in [2.05, 4.69) is 10.6 Å². The van der Waals surface area contributed by atoms with E-state index in [4.69, 9.17) is 0 Å². The zero-order chi connectivity index (χ0) is 20.1. The number of para-hydroxylation sites is 1. The number of rotatable bonds is 5. The van der Waals surface area contributed by atoms with Gasteiger partial charge in [-0.1, -0.05) is 48.5 Å². The highest BCUT2D eigenvalue weighted by Gasteiger charge is 2.17. The Morgan fingerprint density at radius 3 is 2.18 bits per heavy atom. The fourth-order valence-electron chi connectivity index (χ4n) is 2.76. The molecule has 1 heterocycles. The topological polar surface area (TPSA) is 75.3 Å². The fourth-order valence-corrected chi connectivity index (χ4v) is 3.67. The smallest absolute Gasteiger partial charge is 0.313 e.